The Morgan fingerprint density at radius 3 is 1.90 bits per heavy atom. The van der Waals surface area contributed by atoms with Crippen LogP contribution >= 0.6 is 0 Å². The molecule has 0 aliphatic carbocycles. The lowest BCUT2D eigenvalue weighted by Gasteiger charge is -2.18. The molecule has 0 fully saturated rings. The van der Waals surface area contributed by atoms with E-state index in [1.165, 1.54) is 14.2 Å². The predicted octanol–water partition coefficient (Wildman–Crippen LogP) is 3.69. The van der Waals surface area contributed by atoms with Crippen molar-refractivity contribution in [2.75, 3.05) is 19.5 Å². The number of carbonyl (C=O) groups is 2. The number of anilines is 1. The van der Waals surface area contributed by atoms with Gasteiger partial charge in [-0.05, 0) is 23.3 Å². The maximum absolute atomic E-state index is 12.9. The van der Waals surface area contributed by atoms with Gasteiger partial charge in [0.2, 0.25) is 5.91 Å². The number of hydrogen-bond acceptors (Lipinski definition) is 4. The minimum absolute atomic E-state index is 0.361. The summed E-state index contributed by atoms with van der Waals surface area (Å²) in [6.45, 7) is 0. The Morgan fingerprint density at radius 1 is 0.767 bits per heavy atom. The molecule has 7 heteroatoms. The van der Waals surface area contributed by atoms with Crippen LogP contribution in [0.25, 0.3) is 0 Å². The smallest absolute Gasteiger partial charge is 0.338 e. The Balaban J connectivity index is 1.71. The van der Waals surface area contributed by atoms with Crippen molar-refractivity contribution in [3.8, 4) is 11.5 Å². The average molecular weight is 405 g/mol. The quantitative estimate of drug-likeness (QED) is 0.546. The number of rotatable bonds is 6. The molecule has 0 aliphatic heterocycles. The highest BCUT2D eigenvalue weighted by molar-refractivity contribution is 5.94. The molecule has 0 saturated carbocycles. The number of carbonyl (C=O) groups excluding carboxylic acids is 2. The van der Waals surface area contributed by atoms with Crippen molar-refractivity contribution in [1.29, 1.82) is 0 Å². The van der Waals surface area contributed by atoms with Gasteiger partial charge in [-0.25, -0.2) is 10.2 Å². The fourth-order valence-electron chi connectivity index (χ4n) is 3.04. The SMILES string of the molecule is COc1ccc(OC)c(NC(=O)NNC(=O)C(c2ccccc2)c2ccccc2)c1. The van der Waals surface area contributed by atoms with Crippen LogP contribution in [0.2, 0.25) is 0 Å². The number of hydrazine groups is 1. The van der Waals surface area contributed by atoms with Crippen LogP contribution in [0, 0.1) is 0 Å². The van der Waals surface area contributed by atoms with Crippen LogP contribution in [0.1, 0.15) is 17.0 Å². The van der Waals surface area contributed by atoms with Gasteiger partial charge in [-0.1, -0.05) is 60.7 Å². The van der Waals surface area contributed by atoms with E-state index in [0.29, 0.717) is 17.2 Å². The van der Waals surface area contributed by atoms with E-state index < -0.39 is 11.9 Å². The normalized spacial score (nSPS) is 10.2. The highest BCUT2D eigenvalue weighted by atomic mass is 16.5. The number of nitrogens with one attached hydrogen (secondary N) is 3. The molecule has 3 aromatic rings. The highest BCUT2D eigenvalue weighted by Gasteiger charge is 2.23. The maximum Gasteiger partial charge on any atom is 0.338 e. The molecule has 0 radical (unpaired) electrons. The van der Waals surface area contributed by atoms with Gasteiger partial charge in [-0.15, -0.1) is 0 Å². The fourth-order valence-corrected chi connectivity index (χ4v) is 3.04. The van der Waals surface area contributed by atoms with Crippen molar-refractivity contribution in [3.05, 3.63) is 90.0 Å². The molecular weight excluding hydrogens is 382 g/mol. The lowest BCUT2D eigenvalue weighted by atomic mass is 9.91. The molecule has 0 heterocycles. The van der Waals surface area contributed by atoms with Crippen LogP contribution in [0.15, 0.2) is 78.9 Å². The Morgan fingerprint density at radius 2 is 1.37 bits per heavy atom. The summed E-state index contributed by atoms with van der Waals surface area (Å²) >= 11 is 0. The molecule has 154 valence electrons. The van der Waals surface area contributed by atoms with Gasteiger partial charge in [0.25, 0.3) is 0 Å². The zero-order chi connectivity index (χ0) is 21.3. The first-order chi connectivity index (χ1) is 14.6. The van der Waals surface area contributed by atoms with Crippen molar-refractivity contribution < 1.29 is 19.1 Å². The Labute approximate surface area is 175 Å². The van der Waals surface area contributed by atoms with E-state index in [0.717, 1.165) is 11.1 Å². The third-order valence-electron chi connectivity index (χ3n) is 4.48. The monoisotopic (exact) mass is 405 g/mol. The summed E-state index contributed by atoms with van der Waals surface area (Å²) < 4.78 is 10.4. The number of urea groups is 1. The second-order valence-electron chi connectivity index (χ2n) is 6.39. The molecule has 3 N–H and O–H groups in total. The number of amides is 3. The minimum atomic E-state index is -0.616. The molecule has 3 aromatic carbocycles. The van der Waals surface area contributed by atoms with Gasteiger partial charge >= 0.3 is 6.03 Å². The highest BCUT2D eigenvalue weighted by Crippen LogP contribution is 2.29. The van der Waals surface area contributed by atoms with Crippen LogP contribution < -0.4 is 25.6 Å². The van der Waals surface area contributed by atoms with Gasteiger partial charge in [-0.3, -0.25) is 10.2 Å². The molecule has 0 spiro atoms. The average Bonchev–Trinajstić information content (AvgIpc) is 2.79. The Bertz CT molecular complexity index is 954. The maximum atomic E-state index is 12.9. The van der Waals surface area contributed by atoms with E-state index in [9.17, 15) is 9.59 Å². The molecule has 7 nitrogen and oxygen atoms in total. The summed E-state index contributed by atoms with van der Waals surface area (Å²) in [7, 11) is 3.02. The van der Waals surface area contributed by atoms with Gasteiger partial charge in [-0.2, -0.15) is 0 Å². The van der Waals surface area contributed by atoms with Gasteiger partial charge in [0, 0.05) is 6.07 Å². The Kier molecular flexibility index (Phi) is 6.89. The first-order valence-electron chi connectivity index (χ1n) is 9.31. The van der Waals surface area contributed by atoms with E-state index in [1.807, 2.05) is 60.7 Å². The second-order valence-corrected chi connectivity index (χ2v) is 6.39. The van der Waals surface area contributed by atoms with Crippen molar-refractivity contribution in [1.82, 2.24) is 10.9 Å². The zero-order valence-electron chi connectivity index (χ0n) is 16.7. The Hall–Kier alpha value is -4.00. The summed E-state index contributed by atoms with van der Waals surface area (Å²) in [6, 6.07) is 23.1. The zero-order valence-corrected chi connectivity index (χ0v) is 16.7. The number of methoxy groups -OCH3 is 2. The second kappa shape index (κ2) is 9.97. The van der Waals surface area contributed by atoms with Crippen LogP contribution in [-0.4, -0.2) is 26.2 Å². The number of hydrogen-bond donors (Lipinski definition) is 3. The lowest BCUT2D eigenvalue weighted by Crippen LogP contribution is -2.46. The summed E-state index contributed by atoms with van der Waals surface area (Å²) in [4.78, 5) is 25.3. The van der Waals surface area contributed by atoms with Gasteiger partial charge in [0.15, 0.2) is 0 Å². The molecule has 0 bridgehead atoms. The molecule has 0 unspecified atom stereocenters. The molecule has 0 aliphatic rings. The summed E-state index contributed by atoms with van der Waals surface area (Å²) in [5.41, 5.74) is 6.93. The minimum Gasteiger partial charge on any atom is -0.497 e. The third-order valence-corrected chi connectivity index (χ3v) is 4.48. The van der Waals surface area contributed by atoms with Gasteiger partial charge < -0.3 is 14.8 Å². The van der Waals surface area contributed by atoms with Crippen molar-refractivity contribution in [2.45, 2.75) is 5.92 Å². The molecule has 3 amide bonds. The van der Waals surface area contributed by atoms with Gasteiger partial charge in [0.1, 0.15) is 11.5 Å². The fraction of sp³-hybridized carbons (Fsp3) is 0.130. The number of ether oxygens (including phenoxy) is 2. The molecule has 3 rings (SSSR count). The van der Waals surface area contributed by atoms with Crippen molar-refractivity contribution in [2.24, 2.45) is 0 Å². The van der Waals surface area contributed by atoms with E-state index >= 15 is 0 Å². The predicted molar refractivity (Wildman–Crippen MR) is 115 cm³/mol. The standard InChI is InChI=1S/C23H23N3O4/c1-29-18-13-14-20(30-2)19(15-18)24-23(28)26-25-22(27)21(16-9-5-3-6-10-16)17-11-7-4-8-12-17/h3-15,21H,1-2H3,(H,25,27)(H2,24,26,28). The summed E-state index contributed by atoms with van der Waals surface area (Å²) in [5, 5.41) is 2.64. The lowest BCUT2D eigenvalue weighted by molar-refractivity contribution is -0.122. The molecule has 0 atom stereocenters. The molecule has 0 saturated heterocycles. The molecular formula is C23H23N3O4. The van der Waals surface area contributed by atoms with Gasteiger partial charge in [0.05, 0.1) is 25.8 Å². The van der Waals surface area contributed by atoms with Crippen LogP contribution in [0.3, 0.4) is 0 Å². The molecule has 0 aromatic heterocycles. The summed E-state index contributed by atoms with van der Waals surface area (Å²) in [5.74, 6) is 0.0892. The first-order valence-corrected chi connectivity index (χ1v) is 9.31. The third kappa shape index (κ3) is 5.08. The largest absolute Gasteiger partial charge is 0.497 e. The van der Waals surface area contributed by atoms with Crippen LogP contribution in [-0.2, 0) is 4.79 Å². The molecule has 30 heavy (non-hydrogen) atoms. The van der Waals surface area contributed by atoms with E-state index in [1.54, 1.807) is 18.2 Å². The van der Waals surface area contributed by atoms with Crippen molar-refractivity contribution in [3.63, 3.8) is 0 Å². The van der Waals surface area contributed by atoms with Crippen LogP contribution in [0.4, 0.5) is 10.5 Å². The number of benzene rings is 3. The van der Waals surface area contributed by atoms with E-state index in [2.05, 4.69) is 16.2 Å². The van der Waals surface area contributed by atoms with E-state index in [-0.39, 0.29) is 5.91 Å². The first kappa shape index (κ1) is 20.7. The summed E-state index contributed by atoms with van der Waals surface area (Å²) in [6.07, 6.45) is 0. The van der Waals surface area contributed by atoms with E-state index in [4.69, 9.17) is 9.47 Å². The van der Waals surface area contributed by atoms with Crippen LogP contribution in [0.5, 0.6) is 11.5 Å². The topological polar surface area (TPSA) is 88.7 Å². The van der Waals surface area contributed by atoms with Crippen molar-refractivity contribution >= 4 is 17.6 Å².